The van der Waals surface area contributed by atoms with Crippen LogP contribution >= 0.6 is 0 Å². The number of rotatable bonds is 4. The van der Waals surface area contributed by atoms with E-state index in [1.165, 1.54) is 0 Å². The van der Waals surface area contributed by atoms with Crippen molar-refractivity contribution >= 4 is 6.01 Å². The molecule has 84 valence electrons. The molecule has 6 heteroatoms. The van der Waals surface area contributed by atoms with Crippen LogP contribution in [0.5, 0.6) is 5.75 Å². The highest BCUT2D eigenvalue weighted by Crippen LogP contribution is 2.23. The summed E-state index contributed by atoms with van der Waals surface area (Å²) in [6.45, 7) is 0.938. The SMILES string of the molecule is NCCOc1cccc(-c2nnc(N)o2)c1. The van der Waals surface area contributed by atoms with Crippen LogP contribution in [-0.2, 0) is 0 Å². The van der Waals surface area contributed by atoms with Crippen molar-refractivity contribution in [3.8, 4) is 17.2 Å². The Kier molecular flexibility index (Phi) is 3.02. The van der Waals surface area contributed by atoms with Crippen molar-refractivity contribution in [2.24, 2.45) is 5.73 Å². The van der Waals surface area contributed by atoms with Gasteiger partial charge >= 0.3 is 6.01 Å². The Balaban J connectivity index is 2.22. The maximum absolute atomic E-state index is 5.38. The molecule has 0 spiro atoms. The summed E-state index contributed by atoms with van der Waals surface area (Å²) in [5.74, 6) is 1.08. The van der Waals surface area contributed by atoms with Crippen LogP contribution in [-0.4, -0.2) is 23.3 Å². The summed E-state index contributed by atoms with van der Waals surface area (Å²) in [7, 11) is 0. The van der Waals surface area contributed by atoms with Gasteiger partial charge in [-0.05, 0) is 18.2 Å². The minimum Gasteiger partial charge on any atom is -0.492 e. The zero-order valence-electron chi connectivity index (χ0n) is 8.59. The van der Waals surface area contributed by atoms with Gasteiger partial charge in [-0.25, -0.2) is 0 Å². The number of aromatic nitrogens is 2. The molecule has 0 saturated carbocycles. The third-order valence-electron chi connectivity index (χ3n) is 1.91. The third-order valence-corrected chi connectivity index (χ3v) is 1.91. The number of hydrogen-bond donors (Lipinski definition) is 2. The van der Waals surface area contributed by atoms with Gasteiger partial charge in [0.2, 0.25) is 5.89 Å². The summed E-state index contributed by atoms with van der Waals surface area (Å²) < 4.78 is 10.5. The Hall–Kier alpha value is -2.08. The monoisotopic (exact) mass is 220 g/mol. The quantitative estimate of drug-likeness (QED) is 0.784. The van der Waals surface area contributed by atoms with Crippen molar-refractivity contribution in [1.29, 1.82) is 0 Å². The van der Waals surface area contributed by atoms with Crippen LogP contribution in [0.15, 0.2) is 28.7 Å². The lowest BCUT2D eigenvalue weighted by atomic mass is 10.2. The molecular formula is C10H12N4O2. The standard InChI is InChI=1S/C10H12N4O2/c11-4-5-15-8-3-1-2-7(6-8)9-13-14-10(12)16-9/h1-3,6H,4-5,11H2,(H2,12,14). The average Bonchev–Trinajstić information content (AvgIpc) is 2.74. The van der Waals surface area contributed by atoms with E-state index in [9.17, 15) is 0 Å². The summed E-state index contributed by atoms with van der Waals surface area (Å²) in [5.41, 5.74) is 11.5. The molecule has 6 nitrogen and oxygen atoms in total. The Morgan fingerprint density at radius 1 is 1.31 bits per heavy atom. The molecule has 0 radical (unpaired) electrons. The van der Waals surface area contributed by atoms with Crippen LogP contribution in [0.25, 0.3) is 11.5 Å². The second-order valence-electron chi connectivity index (χ2n) is 3.11. The van der Waals surface area contributed by atoms with Crippen molar-refractivity contribution in [3.63, 3.8) is 0 Å². The molecule has 2 rings (SSSR count). The van der Waals surface area contributed by atoms with Gasteiger partial charge in [-0.1, -0.05) is 11.2 Å². The van der Waals surface area contributed by atoms with Gasteiger partial charge in [-0.3, -0.25) is 0 Å². The van der Waals surface area contributed by atoms with Crippen LogP contribution in [0.2, 0.25) is 0 Å². The number of nitrogen functional groups attached to an aromatic ring is 1. The highest BCUT2D eigenvalue weighted by atomic mass is 16.5. The molecule has 0 aliphatic rings. The minimum absolute atomic E-state index is 0.0447. The molecule has 0 bridgehead atoms. The van der Waals surface area contributed by atoms with E-state index in [-0.39, 0.29) is 6.01 Å². The average molecular weight is 220 g/mol. The highest BCUT2D eigenvalue weighted by molar-refractivity contribution is 5.55. The van der Waals surface area contributed by atoms with Crippen molar-refractivity contribution in [1.82, 2.24) is 10.2 Å². The molecule has 0 amide bonds. The molecule has 16 heavy (non-hydrogen) atoms. The van der Waals surface area contributed by atoms with Crippen LogP contribution in [0.3, 0.4) is 0 Å². The van der Waals surface area contributed by atoms with Gasteiger partial charge in [0, 0.05) is 12.1 Å². The van der Waals surface area contributed by atoms with Crippen molar-refractivity contribution in [2.45, 2.75) is 0 Å². The summed E-state index contributed by atoms with van der Waals surface area (Å²) in [6, 6.07) is 7.34. The molecular weight excluding hydrogens is 208 g/mol. The Labute approximate surface area is 92.2 Å². The molecule has 0 fully saturated rings. The molecule has 4 N–H and O–H groups in total. The number of ether oxygens (including phenoxy) is 1. The lowest BCUT2D eigenvalue weighted by molar-refractivity contribution is 0.328. The Morgan fingerprint density at radius 2 is 2.19 bits per heavy atom. The molecule has 0 unspecified atom stereocenters. The van der Waals surface area contributed by atoms with E-state index >= 15 is 0 Å². The van der Waals surface area contributed by atoms with E-state index in [2.05, 4.69) is 10.2 Å². The predicted molar refractivity (Wildman–Crippen MR) is 58.7 cm³/mol. The van der Waals surface area contributed by atoms with E-state index < -0.39 is 0 Å². The van der Waals surface area contributed by atoms with Crippen LogP contribution < -0.4 is 16.2 Å². The summed E-state index contributed by atoms with van der Waals surface area (Å²) >= 11 is 0. The second kappa shape index (κ2) is 4.63. The lowest BCUT2D eigenvalue weighted by Crippen LogP contribution is -2.10. The first-order valence-corrected chi connectivity index (χ1v) is 4.82. The van der Waals surface area contributed by atoms with E-state index in [1.807, 2.05) is 18.2 Å². The molecule has 0 atom stereocenters. The maximum Gasteiger partial charge on any atom is 0.313 e. The summed E-state index contributed by atoms with van der Waals surface area (Å²) in [6.07, 6.45) is 0. The first-order valence-electron chi connectivity index (χ1n) is 4.82. The first-order chi connectivity index (χ1) is 7.79. The fourth-order valence-electron chi connectivity index (χ4n) is 1.25. The number of nitrogens with zero attached hydrogens (tertiary/aromatic N) is 2. The summed E-state index contributed by atoms with van der Waals surface area (Å²) in [4.78, 5) is 0. The number of anilines is 1. The molecule has 0 aliphatic heterocycles. The zero-order valence-corrected chi connectivity index (χ0v) is 8.59. The molecule has 2 aromatic rings. The van der Waals surface area contributed by atoms with Gasteiger partial charge in [0.15, 0.2) is 0 Å². The molecule has 1 aromatic carbocycles. The van der Waals surface area contributed by atoms with E-state index in [4.69, 9.17) is 20.6 Å². The zero-order chi connectivity index (χ0) is 11.4. The van der Waals surface area contributed by atoms with Gasteiger partial charge < -0.3 is 20.6 Å². The maximum atomic E-state index is 5.38. The fraction of sp³-hybridized carbons (Fsp3) is 0.200. The topological polar surface area (TPSA) is 100 Å². The van der Waals surface area contributed by atoms with Crippen molar-refractivity contribution in [3.05, 3.63) is 24.3 Å². The molecule has 1 aromatic heterocycles. The largest absolute Gasteiger partial charge is 0.492 e. The van der Waals surface area contributed by atoms with Crippen LogP contribution in [0.1, 0.15) is 0 Å². The highest BCUT2D eigenvalue weighted by Gasteiger charge is 2.06. The van der Waals surface area contributed by atoms with Crippen LogP contribution in [0.4, 0.5) is 6.01 Å². The molecule has 0 saturated heterocycles. The summed E-state index contributed by atoms with van der Waals surface area (Å²) in [5, 5.41) is 7.37. The van der Waals surface area contributed by atoms with E-state index in [0.717, 1.165) is 5.56 Å². The normalized spacial score (nSPS) is 10.3. The Bertz CT molecular complexity index is 469. The van der Waals surface area contributed by atoms with Gasteiger partial charge in [0.05, 0.1) is 0 Å². The molecule has 1 heterocycles. The van der Waals surface area contributed by atoms with Gasteiger partial charge in [-0.15, -0.1) is 5.10 Å². The third kappa shape index (κ3) is 2.29. The smallest absolute Gasteiger partial charge is 0.313 e. The minimum atomic E-state index is 0.0447. The van der Waals surface area contributed by atoms with E-state index in [1.54, 1.807) is 6.07 Å². The lowest BCUT2D eigenvalue weighted by Gasteiger charge is -2.04. The first kappa shape index (κ1) is 10.4. The number of hydrogen-bond acceptors (Lipinski definition) is 6. The van der Waals surface area contributed by atoms with Gasteiger partial charge in [-0.2, -0.15) is 0 Å². The Morgan fingerprint density at radius 3 is 2.88 bits per heavy atom. The van der Waals surface area contributed by atoms with Crippen molar-refractivity contribution in [2.75, 3.05) is 18.9 Å². The number of nitrogens with two attached hydrogens (primary N) is 2. The fourth-order valence-corrected chi connectivity index (χ4v) is 1.25. The number of benzene rings is 1. The van der Waals surface area contributed by atoms with Crippen LogP contribution in [0, 0.1) is 0 Å². The van der Waals surface area contributed by atoms with Crippen molar-refractivity contribution < 1.29 is 9.15 Å². The predicted octanol–water partition coefficient (Wildman–Crippen LogP) is 0.656. The van der Waals surface area contributed by atoms with Gasteiger partial charge in [0.1, 0.15) is 12.4 Å². The van der Waals surface area contributed by atoms with E-state index in [0.29, 0.717) is 24.8 Å². The molecule has 0 aliphatic carbocycles. The van der Waals surface area contributed by atoms with Gasteiger partial charge in [0.25, 0.3) is 0 Å². The second-order valence-corrected chi connectivity index (χ2v) is 3.11.